The second kappa shape index (κ2) is 2.76. The number of benzene rings is 1. The van der Waals surface area contributed by atoms with Gasteiger partial charge in [0.15, 0.2) is 0 Å². The SMILES string of the molecule is O=C(O)c1cc2cccc3c2n1CCN3. The lowest BCUT2D eigenvalue weighted by atomic mass is 10.2. The van der Waals surface area contributed by atoms with Crippen LogP contribution in [-0.4, -0.2) is 22.2 Å². The van der Waals surface area contributed by atoms with Gasteiger partial charge in [-0.3, -0.25) is 0 Å². The van der Waals surface area contributed by atoms with Crippen molar-refractivity contribution in [3.05, 3.63) is 30.0 Å². The highest BCUT2D eigenvalue weighted by atomic mass is 16.4. The second-order valence-corrected chi connectivity index (χ2v) is 3.66. The van der Waals surface area contributed by atoms with Crippen LogP contribution in [0.3, 0.4) is 0 Å². The van der Waals surface area contributed by atoms with Crippen molar-refractivity contribution in [3.63, 3.8) is 0 Å². The molecule has 2 heterocycles. The number of carboxylic acids is 1. The molecule has 2 aromatic rings. The highest BCUT2D eigenvalue weighted by molar-refractivity contribution is 5.99. The minimum atomic E-state index is -0.862. The molecule has 3 rings (SSSR count). The number of carboxylic acid groups (broad SMARTS) is 1. The molecule has 15 heavy (non-hydrogen) atoms. The van der Waals surface area contributed by atoms with Gasteiger partial charge in [0.25, 0.3) is 0 Å². The first kappa shape index (κ1) is 8.35. The van der Waals surface area contributed by atoms with Gasteiger partial charge in [-0.25, -0.2) is 4.79 Å². The molecule has 2 N–H and O–H groups in total. The van der Waals surface area contributed by atoms with Crippen LogP contribution in [0.4, 0.5) is 5.69 Å². The van der Waals surface area contributed by atoms with Gasteiger partial charge in [0.05, 0.1) is 11.2 Å². The van der Waals surface area contributed by atoms with E-state index in [0.29, 0.717) is 12.2 Å². The Bertz CT molecular complexity index is 557. The fourth-order valence-corrected chi connectivity index (χ4v) is 2.18. The molecule has 0 radical (unpaired) electrons. The molecule has 0 aliphatic carbocycles. The zero-order valence-corrected chi connectivity index (χ0v) is 8.03. The maximum Gasteiger partial charge on any atom is 0.352 e. The fourth-order valence-electron chi connectivity index (χ4n) is 2.18. The van der Waals surface area contributed by atoms with Crippen LogP contribution in [0.15, 0.2) is 24.3 Å². The molecule has 0 amide bonds. The van der Waals surface area contributed by atoms with Crippen LogP contribution in [0.25, 0.3) is 10.9 Å². The number of anilines is 1. The monoisotopic (exact) mass is 202 g/mol. The van der Waals surface area contributed by atoms with Crippen molar-refractivity contribution in [3.8, 4) is 0 Å². The molecular formula is C11H10N2O2. The van der Waals surface area contributed by atoms with Crippen LogP contribution in [0.5, 0.6) is 0 Å². The van der Waals surface area contributed by atoms with Gasteiger partial charge in [0, 0.05) is 18.5 Å². The summed E-state index contributed by atoms with van der Waals surface area (Å²) >= 11 is 0. The fraction of sp³-hybridized carbons (Fsp3) is 0.182. The maximum atomic E-state index is 11.0. The van der Waals surface area contributed by atoms with Crippen LogP contribution < -0.4 is 5.32 Å². The smallest absolute Gasteiger partial charge is 0.352 e. The van der Waals surface area contributed by atoms with Crippen molar-refractivity contribution >= 4 is 22.6 Å². The van der Waals surface area contributed by atoms with Crippen molar-refractivity contribution in [2.75, 3.05) is 11.9 Å². The van der Waals surface area contributed by atoms with Crippen LogP contribution >= 0.6 is 0 Å². The normalized spacial score (nSPS) is 13.9. The highest BCUT2D eigenvalue weighted by Crippen LogP contribution is 2.29. The van der Waals surface area contributed by atoms with Crippen LogP contribution in [0, 0.1) is 0 Å². The van der Waals surface area contributed by atoms with Crippen LogP contribution in [0.1, 0.15) is 10.5 Å². The van der Waals surface area contributed by atoms with E-state index in [1.807, 2.05) is 22.8 Å². The number of hydrogen-bond donors (Lipinski definition) is 2. The third kappa shape index (κ3) is 1.05. The topological polar surface area (TPSA) is 54.3 Å². The number of rotatable bonds is 1. The predicted octanol–water partition coefficient (Wildman–Crippen LogP) is 1.76. The summed E-state index contributed by atoms with van der Waals surface area (Å²) in [5.74, 6) is -0.862. The Labute approximate surface area is 86.1 Å². The minimum Gasteiger partial charge on any atom is -0.477 e. The summed E-state index contributed by atoms with van der Waals surface area (Å²) in [5, 5.41) is 13.3. The highest BCUT2D eigenvalue weighted by Gasteiger charge is 2.19. The summed E-state index contributed by atoms with van der Waals surface area (Å²) in [6.07, 6.45) is 0. The van der Waals surface area contributed by atoms with E-state index in [4.69, 9.17) is 5.11 Å². The molecule has 1 aliphatic heterocycles. The minimum absolute atomic E-state index is 0.374. The summed E-state index contributed by atoms with van der Waals surface area (Å²) in [4.78, 5) is 11.0. The summed E-state index contributed by atoms with van der Waals surface area (Å²) in [6.45, 7) is 1.49. The molecule has 0 saturated heterocycles. The Morgan fingerprint density at radius 3 is 3.13 bits per heavy atom. The molecule has 1 aromatic carbocycles. The predicted molar refractivity (Wildman–Crippen MR) is 57.4 cm³/mol. The average Bonchev–Trinajstić information content (AvgIpc) is 2.61. The van der Waals surface area contributed by atoms with Crippen molar-refractivity contribution in [2.45, 2.75) is 6.54 Å². The number of aromatic carboxylic acids is 1. The van der Waals surface area contributed by atoms with E-state index in [0.717, 1.165) is 23.1 Å². The Kier molecular flexibility index (Phi) is 1.54. The first-order valence-corrected chi connectivity index (χ1v) is 4.87. The second-order valence-electron chi connectivity index (χ2n) is 3.66. The van der Waals surface area contributed by atoms with Gasteiger partial charge in [-0.2, -0.15) is 0 Å². The van der Waals surface area contributed by atoms with Crippen molar-refractivity contribution in [2.24, 2.45) is 0 Å². The number of nitrogens with zero attached hydrogens (tertiary/aromatic N) is 1. The van der Waals surface area contributed by atoms with Crippen molar-refractivity contribution in [1.82, 2.24) is 4.57 Å². The number of nitrogens with one attached hydrogen (secondary N) is 1. The largest absolute Gasteiger partial charge is 0.477 e. The molecule has 76 valence electrons. The van der Waals surface area contributed by atoms with Gasteiger partial charge in [-0.15, -0.1) is 0 Å². The molecule has 0 atom stereocenters. The Balaban J connectivity index is 2.43. The van der Waals surface area contributed by atoms with Gasteiger partial charge in [-0.1, -0.05) is 12.1 Å². The van der Waals surface area contributed by atoms with Gasteiger partial charge in [-0.05, 0) is 12.1 Å². The quantitative estimate of drug-likeness (QED) is 0.740. The zero-order valence-electron chi connectivity index (χ0n) is 8.03. The Hall–Kier alpha value is -1.97. The van der Waals surface area contributed by atoms with Crippen LogP contribution in [-0.2, 0) is 6.54 Å². The molecule has 0 spiro atoms. The number of hydrogen-bond acceptors (Lipinski definition) is 2. The van der Waals surface area contributed by atoms with E-state index in [1.165, 1.54) is 0 Å². The lowest BCUT2D eigenvalue weighted by molar-refractivity contribution is 0.0686. The lowest BCUT2D eigenvalue weighted by Crippen LogP contribution is -2.19. The number of carbonyl (C=O) groups is 1. The summed E-state index contributed by atoms with van der Waals surface area (Å²) in [5.41, 5.74) is 2.39. The molecule has 4 heteroatoms. The van der Waals surface area contributed by atoms with E-state index < -0.39 is 5.97 Å². The Morgan fingerprint density at radius 2 is 2.33 bits per heavy atom. The standard InChI is InChI=1S/C11H10N2O2/c14-11(15)9-6-7-2-1-3-8-10(7)13(9)5-4-12-8/h1-3,6,12H,4-5H2,(H,14,15). The molecular weight excluding hydrogens is 192 g/mol. The summed E-state index contributed by atoms with van der Waals surface area (Å²) in [6, 6.07) is 7.58. The van der Waals surface area contributed by atoms with Crippen molar-refractivity contribution < 1.29 is 9.90 Å². The van der Waals surface area contributed by atoms with Gasteiger partial charge in [0.2, 0.25) is 0 Å². The molecule has 4 nitrogen and oxygen atoms in total. The first-order chi connectivity index (χ1) is 7.27. The summed E-state index contributed by atoms with van der Waals surface area (Å²) < 4.78 is 1.86. The average molecular weight is 202 g/mol. The van der Waals surface area contributed by atoms with Crippen molar-refractivity contribution in [1.29, 1.82) is 0 Å². The van der Waals surface area contributed by atoms with Gasteiger partial charge >= 0.3 is 5.97 Å². The molecule has 1 aromatic heterocycles. The molecule has 1 aliphatic rings. The number of para-hydroxylation sites is 1. The van der Waals surface area contributed by atoms with Gasteiger partial charge in [0.1, 0.15) is 5.69 Å². The van der Waals surface area contributed by atoms with E-state index in [1.54, 1.807) is 6.07 Å². The molecule has 0 saturated carbocycles. The van der Waals surface area contributed by atoms with E-state index in [-0.39, 0.29) is 0 Å². The lowest BCUT2D eigenvalue weighted by Gasteiger charge is -2.18. The van der Waals surface area contributed by atoms with E-state index in [9.17, 15) is 4.79 Å². The van der Waals surface area contributed by atoms with E-state index >= 15 is 0 Å². The Morgan fingerprint density at radius 1 is 1.47 bits per heavy atom. The third-order valence-corrected chi connectivity index (χ3v) is 2.79. The molecule has 0 bridgehead atoms. The maximum absolute atomic E-state index is 11.0. The third-order valence-electron chi connectivity index (χ3n) is 2.79. The first-order valence-electron chi connectivity index (χ1n) is 4.87. The summed E-state index contributed by atoms with van der Waals surface area (Å²) in [7, 11) is 0. The molecule has 0 fully saturated rings. The van der Waals surface area contributed by atoms with Gasteiger partial charge < -0.3 is 15.0 Å². The van der Waals surface area contributed by atoms with Crippen LogP contribution in [0.2, 0.25) is 0 Å². The zero-order chi connectivity index (χ0) is 10.4. The van der Waals surface area contributed by atoms with E-state index in [2.05, 4.69) is 5.32 Å². The molecule has 0 unspecified atom stereocenters. The number of aromatic nitrogens is 1.